The standard InChI is InChI=1S/C11H10ClN3O3/c1-15-6-13-14-10(15)5-18-7-2-3-9(12)8(4-7)11(16)17/h2-4,6H,5H2,1H3,(H,16,17). The zero-order chi connectivity index (χ0) is 13.1. The van der Waals surface area contributed by atoms with Crippen molar-refractivity contribution in [2.45, 2.75) is 6.61 Å². The molecule has 2 aromatic rings. The number of rotatable bonds is 4. The molecule has 1 aromatic carbocycles. The lowest BCUT2D eigenvalue weighted by molar-refractivity contribution is 0.0696. The minimum Gasteiger partial charge on any atom is -0.486 e. The molecule has 0 saturated heterocycles. The van der Waals surface area contributed by atoms with Crippen molar-refractivity contribution in [1.29, 1.82) is 0 Å². The van der Waals surface area contributed by atoms with Crippen LogP contribution in [-0.2, 0) is 13.7 Å². The van der Waals surface area contributed by atoms with E-state index in [0.29, 0.717) is 11.6 Å². The summed E-state index contributed by atoms with van der Waals surface area (Å²) in [6.07, 6.45) is 1.56. The molecule has 1 N–H and O–H groups in total. The molecule has 0 aliphatic heterocycles. The molecular formula is C11H10ClN3O3. The molecule has 7 heteroatoms. The van der Waals surface area contributed by atoms with Crippen LogP contribution < -0.4 is 4.74 Å². The van der Waals surface area contributed by atoms with Gasteiger partial charge in [-0.15, -0.1) is 10.2 Å². The normalized spacial score (nSPS) is 10.3. The summed E-state index contributed by atoms with van der Waals surface area (Å²) in [5.74, 6) is -0.0364. The molecule has 0 saturated carbocycles. The number of benzene rings is 1. The van der Waals surface area contributed by atoms with Crippen LogP contribution in [0.1, 0.15) is 16.2 Å². The van der Waals surface area contributed by atoms with Gasteiger partial charge in [0.05, 0.1) is 10.6 Å². The Balaban J connectivity index is 2.13. The quantitative estimate of drug-likeness (QED) is 0.913. The van der Waals surface area contributed by atoms with Gasteiger partial charge in [-0.25, -0.2) is 4.79 Å². The van der Waals surface area contributed by atoms with Gasteiger partial charge in [0.2, 0.25) is 0 Å². The number of carboxylic acid groups (broad SMARTS) is 1. The van der Waals surface area contributed by atoms with E-state index in [9.17, 15) is 4.79 Å². The molecule has 0 aliphatic carbocycles. The summed E-state index contributed by atoms with van der Waals surface area (Å²) in [6.45, 7) is 0.206. The number of aryl methyl sites for hydroxylation is 1. The third-order valence-corrected chi connectivity index (χ3v) is 2.67. The van der Waals surface area contributed by atoms with Crippen LogP contribution in [0.2, 0.25) is 5.02 Å². The zero-order valence-electron chi connectivity index (χ0n) is 9.50. The Bertz CT molecular complexity index is 583. The number of aromatic carboxylic acids is 1. The summed E-state index contributed by atoms with van der Waals surface area (Å²) in [7, 11) is 1.79. The van der Waals surface area contributed by atoms with E-state index in [0.717, 1.165) is 0 Å². The van der Waals surface area contributed by atoms with E-state index in [2.05, 4.69) is 10.2 Å². The van der Waals surface area contributed by atoms with Crippen LogP contribution in [0.5, 0.6) is 5.75 Å². The van der Waals surface area contributed by atoms with Gasteiger partial charge in [0.15, 0.2) is 5.82 Å². The van der Waals surface area contributed by atoms with Crippen LogP contribution in [0.4, 0.5) is 0 Å². The number of hydrogen-bond acceptors (Lipinski definition) is 4. The summed E-state index contributed by atoms with van der Waals surface area (Å²) < 4.78 is 7.15. The second-order valence-corrected chi connectivity index (χ2v) is 4.00. The van der Waals surface area contributed by atoms with Crippen molar-refractivity contribution in [3.05, 3.63) is 40.9 Å². The van der Waals surface area contributed by atoms with E-state index in [1.807, 2.05) is 0 Å². The van der Waals surface area contributed by atoms with Crippen LogP contribution in [-0.4, -0.2) is 25.8 Å². The monoisotopic (exact) mass is 267 g/mol. The highest BCUT2D eigenvalue weighted by Crippen LogP contribution is 2.22. The van der Waals surface area contributed by atoms with Crippen molar-refractivity contribution in [3.63, 3.8) is 0 Å². The Morgan fingerprint density at radius 2 is 2.33 bits per heavy atom. The molecule has 18 heavy (non-hydrogen) atoms. The van der Waals surface area contributed by atoms with E-state index < -0.39 is 5.97 Å². The molecule has 2 rings (SSSR count). The molecule has 0 unspecified atom stereocenters. The number of carboxylic acids is 1. The number of hydrogen-bond donors (Lipinski definition) is 1. The van der Waals surface area contributed by atoms with Gasteiger partial charge in [0.1, 0.15) is 18.7 Å². The third kappa shape index (κ3) is 2.60. The second kappa shape index (κ2) is 5.05. The molecule has 0 radical (unpaired) electrons. The average Bonchev–Trinajstić information content (AvgIpc) is 2.73. The van der Waals surface area contributed by atoms with Crippen molar-refractivity contribution < 1.29 is 14.6 Å². The van der Waals surface area contributed by atoms with Crippen molar-refractivity contribution in [2.24, 2.45) is 7.05 Å². The molecule has 0 bridgehead atoms. The second-order valence-electron chi connectivity index (χ2n) is 3.59. The Hall–Kier alpha value is -2.08. The van der Waals surface area contributed by atoms with Crippen molar-refractivity contribution in [2.75, 3.05) is 0 Å². The van der Waals surface area contributed by atoms with Gasteiger partial charge >= 0.3 is 5.97 Å². The van der Waals surface area contributed by atoms with E-state index in [1.165, 1.54) is 12.1 Å². The lowest BCUT2D eigenvalue weighted by atomic mass is 10.2. The lowest BCUT2D eigenvalue weighted by Gasteiger charge is -2.07. The highest BCUT2D eigenvalue weighted by Gasteiger charge is 2.10. The van der Waals surface area contributed by atoms with Gasteiger partial charge in [-0.1, -0.05) is 11.6 Å². The third-order valence-electron chi connectivity index (χ3n) is 2.34. The Morgan fingerprint density at radius 3 is 2.94 bits per heavy atom. The van der Waals surface area contributed by atoms with Gasteiger partial charge in [-0.2, -0.15) is 0 Å². The fourth-order valence-electron chi connectivity index (χ4n) is 1.34. The average molecular weight is 268 g/mol. The maximum absolute atomic E-state index is 10.9. The van der Waals surface area contributed by atoms with E-state index >= 15 is 0 Å². The number of carbonyl (C=O) groups is 1. The highest BCUT2D eigenvalue weighted by molar-refractivity contribution is 6.33. The van der Waals surface area contributed by atoms with Gasteiger partial charge in [0.25, 0.3) is 0 Å². The first-order valence-electron chi connectivity index (χ1n) is 5.06. The number of nitrogens with zero attached hydrogens (tertiary/aromatic N) is 3. The molecule has 1 heterocycles. The number of halogens is 1. The van der Waals surface area contributed by atoms with Crippen LogP contribution >= 0.6 is 11.6 Å². The van der Waals surface area contributed by atoms with Crippen molar-refractivity contribution >= 4 is 17.6 Å². The van der Waals surface area contributed by atoms with Crippen LogP contribution in [0.3, 0.4) is 0 Å². The summed E-state index contributed by atoms with van der Waals surface area (Å²) in [5.41, 5.74) is 0.00660. The molecule has 0 fully saturated rings. The van der Waals surface area contributed by atoms with E-state index in [-0.39, 0.29) is 17.2 Å². The van der Waals surface area contributed by atoms with Crippen LogP contribution in [0.15, 0.2) is 24.5 Å². The predicted molar refractivity (Wildman–Crippen MR) is 63.7 cm³/mol. The predicted octanol–water partition coefficient (Wildman–Crippen LogP) is 1.75. The number of ether oxygens (including phenoxy) is 1. The molecule has 0 atom stereocenters. The first-order chi connectivity index (χ1) is 8.58. The molecule has 0 amide bonds. The van der Waals surface area contributed by atoms with Crippen LogP contribution in [0, 0.1) is 0 Å². The maximum Gasteiger partial charge on any atom is 0.337 e. The summed E-state index contributed by atoms with van der Waals surface area (Å²) in [5, 5.41) is 16.7. The summed E-state index contributed by atoms with van der Waals surface area (Å²) in [4.78, 5) is 10.9. The zero-order valence-corrected chi connectivity index (χ0v) is 10.3. The summed E-state index contributed by atoms with van der Waals surface area (Å²) >= 11 is 5.75. The molecule has 6 nitrogen and oxygen atoms in total. The highest BCUT2D eigenvalue weighted by atomic mass is 35.5. The minimum absolute atomic E-state index is 0.00660. The Labute approximate surface area is 108 Å². The molecule has 94 valence electrons. The topological polar surface area (TPSA) is 77.2 Å². The fraction of sp³-hybridized carbons (Fsp3) is 0.182. The van der Waals surface area contributed by atoms with Gasteiger partial charge < -0.3 is 14.4 Å². The molecule has 0 spiro atoms. The fourth-order valence-corrected chi connectivity index (χ4v) is 1.54. The number of aromatic nitrogens is 3. The smallest absolute Gasteiger partial charge is 0.337 e. The van der Waals surface area contributed by atoms with Gasteiger partial charge in [-0.05, 0) is 18.2 Å². The van der Waals surface area contributed by atoms with Crippen molar-refractivity contribution in [1.82, 2.24) is 14.8 Å². The van der Waals surface area contributed by atoms with E-state index in [4.69, 9.17) is 21.4 Å². The maximum atomic E-state index is 10.9. The summed E-state index contributed by atoms with van der Waals surface area (Å²) in [6, 6.07) is 4.46. The van der Waals surface area contributed by atoms with Gasteiger partial charge in [0, 0.05) is 7.05 Å². The molecule has 0 aliphatic rings. The SMILES string of the molecule is Cn1cnnc1COc1ccc(Cl)c(C(=O)O)c1. The largest absolute Gasteiger partial charge is 0.486 e. The molecule has 1 aromatic heterocycles. The lowest BCUT2D eigenvalue weighted by Crippen LogP contribution is -2.04. The van der Waals surface area contributed by atoms with Gasteiger partial charge in [-0.3, -0.25) is 0 Å². The first-order valence-corrected chi connectivity index (χ1v) is 5.44. The van der Waals surface area contributed by atoms with E-state index in [1.54, 1.807) is 24.0 Å². The first kappa shape index (κ1) is 12.4. The minimum atomic E-state index is -1.09. The van der Waals surface area contributed by atoms with Crippen LogP contribution in [0.25, 0.3) is 0 Å². The Kier molecular flexibility index (Phi) is 3.47. The van der Waals surface area contributed by atoms with Crippen molar-refractivity contribution in [3.8, 4) is 5.75 Å². The Morgan fingerprint density at radius 1 is 1.56 bits per heavy atom. The molecular weight excluding hydrogens is 258 g/mol.